The average Bonchev–Trinajstić information content (AvgIpc) is 2.48. The van der Waals surface area contributed by atoms with E-state index in [9.17, 15) is 4.79 Å². The number of halogens is 1. The van der Waals surface area contributed by atoms with Gasteiger partial charge in [-0.3, -0.25) is 4.79 Å². The molecule has 0 atom stereocenters. The Labute approximate surface area is 135 Å². The van der Waals surface area contributed by atoms with Crippen LogP contribution in [-0.2, 0) is 16.0 Å². The van der Waals surface area contributed by atoms with Crippen LogP contribution in [0.25, 0.3) is 0 Å². The molecule has 116 valence electrons. The van der Waals surface area contributed by atoms with E-state index in [0.29, 0.717) is 19.1 Å². The van der Waals surface area contributed by atoms with Gasteiger partial charge in [-0.2, -0.15) is 0 Å². The lowest BCUT2D eigenvalue weighted by atomic mass is 9.98. The Hall–Kier alpha value is -0.870. The van der Waals surface area contributed by atoms with Gasteiger partial charge in [-0.05, 0) is 37.0 Å². The van der Waals surface area contributed by atoms with Crippen molar-refractivity contribution in [2.45, 2.75) is 51.0 Å². The maximum absolute atomic E-state index is 11.8. The van der Waals surface area contributed by atoms with Crippen LogP contribution in [0, 0.1) is 0 Å². The summed E-state index contributed by atoms with van der Waals surface area (Å²) in [6, 6.07) is 7.86. The summed E-state index contributed by atoms with van der Waals surface area (Å²) < 4.78 is 6.85. The molecule has 1 N–H and O–H groups in total. The predicted octanol–water partition coefficient (Wildman–Crippen LogP) is 3.85. The van der Waals surface area contributed by atoms with Crippen LogP contribution in [0.2, 0.25) is 0 Å². The summed E-state index contributed by atoms with van der Waals surface area (Å²) in [6.45, 7) is 1.45. The van der Waals surface area contributed by atoms with E-state index in [0.717, 1.165) is 23.1 Å². The fourth-order valence-electron chi connectivity index (χ4n) is 2.68. The third kappa shape index (κ3) is 6.62. The van der Waals surface area contributed by atoms with Crippen LogP contribution in [0.3, 0.4) is 0 Å². The normalized spacial score (nSPS) is 15.9. The van der Waals surface area contributed by atoms with Crippen molar-refractivity contribution < 1.29 is 9.53 Å². The molecular formula is C17H24BrNO2. The maximum atomic E-state index is 11.8. The highest BCUT2D eigenvalue weighted by Crippen LogP contribution is 2.20. The van der Waals surface area contributed by atoms with Gasteiger partial charge in [0, 0.05) is 17.6 Å². The number of ether oxygens (including phenoxy) is 1. The zero-order valence-electron chi connectivity index (χ0n) is 12.4. The second kappa shape index (κ2) is 9.21. The SMILES string of the molecule is O=C(Cc1cccc(Br)c1)NCCCOC1CCCCC1. The minimum atomic E-state index is 0.0748. The Bertz CT molecular complexity index is 444. The van der Waals surface area contributed by atoms with Crippen LogP contribution < -0.4 is 5.32 Å². The molecular weight excluding hydrogens is 330 g/mol. The Morgan fingerprint density at radius 2 is 2.10 bits per heavy atom. The zero-order valence-corrected chi connectivity index (χ0v) is 14.0. The quantitative estimate of drug-likeness (QED) is 0.756. The highest BCUT2D eigenvalue weighted by atomic mass is 79.9. The molecule has 1 aromatic carbocycles. The van der Waals surface area contributed by atoms with Crippen LogP contribution in [-0.4, -0.2) is 25.2 Å². The van der Waals surface area contributed by atoms with Gasteiger partial charge in [0.25, 0.3) is 0 Å². The first-order chi connectivity index (χ1) is 10.2. The molecule has 1 aliphatic rings. The molecule has 0 unspecified atom stereocenters. The van der Waals surface area contributed by atoms with Gasteiger partial charge >= 0.3 is 0 Å². The van der Waals surface area contributed by atoms with E-state index in [1.165, 1.54) is 32.1 Å². The van der Waals surface area contributed by atoms with Crippen molar-refractivity contribution >= 4 is 21.8 Å². The number of benzene rings is 1. The van der Waals surface area contributed by atoms with Crippen molar-refractivity contribution in [2.75, 3.05) is 13.2 Å². The molecule has 0 aromatic heterocycles. The Morgan fingerprint density at radius 1 is 1.29 bits per heavy atom. The van der Waals surface area contributed by atoms with Crippen molar-refractivity contribution in [3.8, 4) is 0 Å². The van der Waals surface area contributed by atoms with E-state index in [1.54, 1.807) is 0 Å². The predicted molar refractivity (Wildman–Crippen MR) is 88.3 cm³/mol. The molecule has 2 rings (SSSR count). The number of carbonyl (C=O) groups is 1. The molecule has 4 heteroatoms. The van der Waals surface area contributed by atoms with Crippen LogP contribution >= 0.6 is 15.9 Å². The fraction of sp³-hybridized carbons (Fsp3) is 0.588. The average molecular weight is 354 g/mol. The summed E-state index contributed by atoms with van der Waals surface area (Å²) in [5, 5.41) is 2.95. The molecule has 0 spiro atoms. The third-order valence-corrected chi connectivity index (χ3v) is 4.30. The Balaban J connectivity index is 1.54. The second-order valence-corrected chi connectivity index (χ2v) is 6.56. The van der Waals surface area contributed by atoms with E-state index in [2.05, 4.69) is 21.2 Å². The van der Waals surface area contributed by atoms with Gasteiger partial charge in [0.2, 0.25) is 5.91 Å². The Kier molecular flexibility index (Phi) is 7.24. The fourth-order valence-corrected chi connectivity index (χ4v) is 3.12. The van der Waals surface area contributed by atoms with E-state index in [4.69, 9.17) is 4.74 Å². The summed E-state index contributed by atoms with van der Waals surface area (Å²) in [5.74, 6) is 0.0748. The van der Waals surface area contributed by atoms with Crippen molar-refractivity contribution in [2.24, 2.45) is 0 Å². The van der Waals surface area contributed by atoms with E-state index in [-0.39, 0.29) is 5.91 Å². The third-order valence-electron chi connectivity index (χ3n) is 3.80. The maximum Gasteiger partial charge on any atom is 0.224 e. The standard InChI is InChI=1S/C17H24BrNO2/c18-15-7-4-6-14(12-15)13-17(20)19-10-5-11-21-16-8-2-1-3-9-16/h4,6-7,12,16H,1-3,5,8-11,13H2,(H,19,20). The molecule has 1 aromatic rings. The van der Waals surface area contributed by atoms with Crippen LogP contribution in [0.1, 0.15) is 44.1 Å². The van der Waals surface area contributed by atoms with Gasteiger partial charge in [0.05, 0.1) is 12.5 Å². The number of carbonyl (C=O) groups excluding carboxylic acids is 1. The molecule has 21 heavy (non-hydrogen) atoms. The van der Waals surface area contributed by atoms with Gasteiger partial charge in [0.15, 0.2) is 0 Å². The zero-order chi connectivity index (χ0) is 14.9. The van der Waals surface area contributed by atoms with Gasteiger partial charge < -0.3 is 10.1 Å². The van der Waals surface area contributed by atoms with Gasteiger partial charge in [-0.25, -0.2) is 0 Å². The smallest absolute Gasteiger partial charge is 0.224 e. The second-order valence-electron chi connectivity index (χ2n) is 5.64. The molecule has 0 radical (unpaired) electrons. The van der Waals surface area contributed by atoms with Gasteiger partial charge in [-0.1, -0.05) is 47.3 Å². The molecule has 3 nitrogen and oxygen atoms in total. The highest BCUT2D eigenvalue weighted by molar-refractivity contribution is 9.10. The van der Waals surface area contributed by atoms with Crippen LogP contribution in [0.4, 0.5) is 0 Å². The minimum absolute atomic E-state index is 0.0748. The number of amides is 1. The molecule has 0 saturated heterocycles. The van der Waals surface area contributed by atoms with E-state index in [1.807, 2.05) is 24.3 Å². The lowest BCUT2D eigenvalue weighted by Gasteiger charge is -2.21. The molecule has 1 aliphatic carbocycles. The first-order valence-electron chi connectivity index (χ1n) is 7.87. The molecule has 1 fully saturated rings. The molecule has 1 saturated carbocycles. The number of hydrogen-bond donors (Lipinski definition) is 1. The highest BCUT2D eigenvalue weighted by Gasteiger charge is 2.13. The summed E-state index contributed by atoms with van der Waals surface area (Å²) in [7, 11) is 0. The van der Waals surface area contributed by atoms with Crippen LogP contribution in [0.5, 0.6) is 0 Å². The van der Waals surface area contributed by atoms with Gasteiger partial charge in [0.1, 0.15) is 0 Å². The molecule has 0 bridgehead atoms. The Morgan fingerprint density at radius 3 is 2.86 bits per heavy atom. The lowest BCUT2D eigenvalue weighted by molar-refractivity contribution is -0.120. The number of rotatable bonds is 7. The molecule has 1 amide bonds. The van der Waals surface area contributed by atoms with Crippen molar-refractivity contribution in [3.05, 3.63) is 34.3 Å². The van der Waals surface area contributed by atoms with Crippen molar-refractivity contribution in [3.63, 3.8) is 0 Å². The first-order valence-corrected chi connectivity index (χ1v) is 8.66. The summed E-state index contributed by atoms with van der Waals surface area (Å²) >= 11 is 3.41. The van der Waals surface area contributed by atoms with E-state index < -0.39 is 0 Å². The largest absolute Gasteiger partial charge is 0.378 e. The molecule has 0 heterocycles. The minimum Gasteiger partial charge on any atom is -0.378 e. The van der Waals surface area contributed by atoms with Crippen molar-refractivity contribution in [1.29, 1.82) is 0 Å². The topological polar surface area (TPSA) is 38.3 Å². The number of nitrogens with one attached hydrogen (secondary N) is 1. The van der Waals surface area contributed by atoms with Gasteiger partial charge in [-0.15, -0.1) is 0 Å². The number of hydrogen-bond acceptors (Lipinski definition) is 2. The summed E-state index contributed by atoms with van der Waals surface area (Å²) in [6.07, 6.45) is 8.14. The molecule has 0 aliphatic heterocycles. The summed E-state index contributed by atoms with van der Waals surface area (Å²) in [4.78, 5) is 11.8. The van der Waals surface area contributed by atoms with Crippen molar-refractivity contribution in [1.82, 2.24) is 5.32 Å². The summed E-state index contributed by atoms with van der Waals surface area (Å²) in [5.41, 5.74) is 1.03. The lowest BCUT2D eigenvalue weighted by Crippen LogP contribution is -2.27. The monoisotopic (exact) mass is 353 g/mol. The van der Waals surface area contributed by atoms with E-state index >= 15 is 0 Å². The first kappa shape index (κ1) is 16.5. The van der Waals surface area contributed by atoms with Crippen LogP contribution in [0.15, 0.2) is 28.7 Å².